The van der Waals surface area contributed by atoms with E-state index in [1.807, 2.05) is 6.92 Å². The first-order valence-corrected chi connectivity index (χ1v) is 11.9. The Kier molecular flexibility index (Phi) is 5.19. The van der Waals surface area contributed by atoms with Crippen LogP contribution in [0.5, 0.6) is 0 Å². The van der Waals surface area contributed by atoms with Crippen molar-refractivity contribution in [1.82, 2.24) is 24.2 Å². The van der Waals surface area contributed by atoms with Crippen molar-refractivity contribution >= 4 is 32.7 Å². The predicted molar refractivity (Wildman–Crippen MR) is 120 cm³/mol. The van der Waals surface area contributed by atoms with Gasteiger partial charge in [-0.25, -0.2) is 31.7 Å². The highest BCUT2D eigenvalue weighted by Crippen LogP contribution is 2.32. The molecule has 0 bridgehead atoms. The number of hydrogen-bond donors (Lipinski definition) is 1. The molecular weight excluding hydrogens is 453 g/mol. The number of nitrogens with one attached hydrogen (secondary N) is 1. The van der Waals surface area contributed by atoms with Gasteiger partial charge >= 0.3 is 0 Å². The lowest BCUT2D eigenvalue weighted by atomic mass is 9.97. The second-order valence-corrected chi connectivity index (χ2v) is 10.1. The van der Waals surface area contributed by atoms with Gasteiger partial charge in [-0.2, -0.15) is 0 Å². The van der Waals surface area contributed by atoms with Crippen LogP contribution in [0.4, 0.5) is 4.39 Å². The topological polar surface area (TPSA) is 89.8 Å². The first-order chi connectivity index (χ1) is 15.3. The standard InChI is InChI=1S/C22H19ClFN5O2S/c1-13-2-4-16(5-3-13)32(30,31)29-12-18(17-7-15(23)10-27-22(17)29)21-26-11-19(24)20(28-21)6-14-8-25-9-14/h2-5,7,10-12,14,25H,6,8-9H2,1H3. The summed E-state index contributed by atoms with van der Waals surface area (Å²) >= 11 is 6.16. The van der Waals surface area contributed by atoms with Crippen LogP contribution in [0, 0.1) is 18.7 Å². The summed E-state index contributed by atoms with van der Waals surface area (Å²) in [5.41, 5.74) is 1.86. The summed E-state index contributed by atoms with van der Waals surface area (Å²) < 4.78 is 42.2. The fraction of sp³-hybridized carbons (Fsp3) is 0.227. The molecule has 3 aromatic heterocycles. The van der Waals surface area contributed by atoms with E-state index < -0.39 is 15.8 Å². The van der Waals surface area contributed by atoms with Gasteiger partial charge in [-0.1, -0.05) is 29.3 Å². The lowest BCUT2D eigenvalue weighted by Crippen LogP contribution is -2.43. The van der Waals surface area contributed by atoms with Gasteiger partial charge in [0.15, 0.2) is 17.3 Å². The SMILES string of the molecule is Cc1ccc(S(=O)(=O)n2cc(-c3ncc(F)c(CC4CNC4)n3)c3cc(Cl)cnc32)cc1. The van der Waals surface area contributed by atoms with E-state index in [1.54, 1.807) is 30.3 Å². The van der Waals surface area contributed by atoms with Crippen LogP contribution in [0.15, 0.2) is 53.8 Å². The molecule has 1 N–H and O–H groups in total. The van der Waals surface area contributed by atoms with Crippen molar-refractivity contribution in [2.75, 3.05) is 13.1 Å². The van der Waals surface area contributed by atoms with Gasteiger partial charge in [-0.3, -0.25) is 0 Å². The minimum absolute atomic E-state index is 0.126. The van der Waals surface area contributed by atoms with E-state index in [4.69, 9.17) is 11.6 Å². The van der Waals surface area contributed by atoms with Crippen LogP contribution < -0.4 is 5.32 Å². The molecule has 0 amide bonds. The smallest absolute Gasteiger partial charge is 0.269 e. The van der Waals surface area contributed by atoms with Crippen LogP contribution >= 0.6 is 11.6 Å². The molecule has 32 heavy (non-hydrogen) atoms. The minimum atomic E-state index is -3.94. The Labute approximate surface area is 189 Å². The largest absolute Gasteiger partial charge is 0.316 e. The maximum Gasteiger partial charge on any atom is 0.269 e. The maximum atomic E-state index is 14.4. The van der Waals surface area contributed by atoms with Crippen molar-refractivity contribution < 1.29 is 12.8 Å². The van der Waals surface area contributed by atoms with E-state index in [0.717, 1.165) is 28.8 Å². The number of hydrogen-bond acceptors (Lipinski definition) is 6. The molecule has 1 saturated heterocycles. The van der Waals surface area contributed by atoms with Crippen molar-refractivity contribution in [3.8, 4) is 11.4 Å². The molecule has 0 radical (unpaired) electrons. The molecule has 5 rings (SSSR count). The molecule has 1 fully saturated rings. The Balaban J connectivity index is 1.67. The molecule has 0 atom stereocenters. The molecule has 0 aliphatic carbocycles. The van der Waals surface area contributed by atoms with Crippen molar-refractivity contribution in [2.45, 2.75) is 18.2 Å². The Morgan fingerprint density at radius 2 is 1.94 bits per heavy atom. The van der Waals surface area contributed by atoms with Crippen molar-refractivity contribution in [1.29, 1.82) is 0 Å². The molecule has 0 saturated carbocycles. The number of aryl methyl sites for hydroxylation is 1. The normalized spacial score (nSPS) is 14.6. The summed E-state index contributed by atoms with van der Waals surface area (Å²) in [4.78, 5) is 13.0. The average Bonchev–Trinajstić information content (AvgIpc) is 3.11. The van der Waals surface area contributed by atoms with Crippen molar-refractivity contribution in [3.63, 3.8) is 0 Å². The summed E-state index contributed by atoms with van der Waals surface area (Å²) in [5, 5.41) is 3.97. The van der Waals surface area contributed by atoms with Crippen LogP contribution in [-0.2, 0) is 16.4 Å². The van der Waals surface area contributed by atoms with Gasteiger partial charge in [0.1, 0.15) is 0 Å². The third kappa shape index (κ3) is 3.66. The fourth-order valence-electron chi connectivity index (χ4n) is 3.68. The molecule has 0 unspecified atom stereocenters. The summed E-state index contributed by atoms with van der Waals surface area (Å²) in [6, 6.07) is 8.17. The highest BCUT2D eigenvalue weighted by Gasteiger charge is 2.25. The van der Waals surface area contributed by atoms with Crippen LogP contribution in [0.2, 0.25) is 5.02 Å². The molecule has 1 aliphatic heterocycles. The lowest BCUT2D eigenvalue weighted by molar-refractivity contribution is 0.339. The number of rotatable bonds is 5. The zero-order valence-corrected chi connectivity index (χ0v) is 18.7. The summed E-state index contributed by atoms with van der Waals surface area (Å²) in [5.74, 6) is 0.0556. The average molecular weight is 472 g/mol. The summed E-state index contributed by atoms with van der Waals surface area (Å²) in [7, 11) is -3.94. The first kappa shape index (κ1) is 21.0. The van der Waals surface area contributed by atoms with E-state index >= 15 is 0 Å². The second kappa shape index (κ2) is 7.91. The Morgan fingerprint density at radius 1 is 1.19 bits per heavy atom. The molecule has 0 spiro atoms. The van der Waals surface area contributed by atoms with Gasteiger partial charge in [0.25, 0.3) is 10.0 Å². The van der Waals surface area contributed by atoms with Gasteiger partial charge in [-0.15, -0.1) is 0 Å². The summed E-state index contributed by atoms with van der Waals surface area (Å²) in [6.45, 7) is 3.51. The van der Waals surface area contributed by atoms with E-state index in [0.29, 0.717) is 34.0 Å². The molecule has 7 nitrogen and oxygen atoms in total. The minimum Gasteiger partial charge on any atom is -0.316 e. The number of nitrogens with zero attached hydrogens (tertiary/aromatic N) is 4. The quantitative estimate of drug-likeness (QED) is 0.478. The highest BCUT2D eigenvalue weighted by molar-refractivity contribution is 7.90. The Hall–Kier alpha value is -2.88. The van der Waals surface area contributed by atoms with Crippen LogP contribution in [0.1, 0.15) is 11.3 Å². The van der Waals surface area contributed by atoms with E-state index in [2.05, 4.69) is 20.3 Å². The van der Waals surface area contributed by atoms with Crippen LogP contribution in [0.3, 0.4) is 0 Å². The summed E-state index contributed by atoms with van der Waals surface area (Å²) in [6.07, 6.45) is 4.41. The molecule has 4 heterocycles. The van der Waals surface area contributed by atoms with Gasteiger partial charge in [-0.05, 0) is 50.6 Å². The van der Waals surface area contributed by atoms with Crippen LogP contribution in [-0.4, -0.2) is 40.4 Å². The molecule has 4 aromatic rings. The van der Waals surface area contributed by atoms with E-state index in [-0.39, 0.29) is 16.4 Å². The zero-order chi connectivity index (χ0) is 22.5. The third-order valence-corrected chi connectivity index (χ3v) is 7.43. The number of benzene rings is 1. The number of aromatic nitrogens is 4. The lowest BCUT2D eigenvalue weighted by Gasteiger charge is -2.26. The monoisotopic (exact) mass is 471 g/mol. The number of fused-ring (bicyclic) bond motifs is 1. The van der Waals surface area contributed by atoms with Gasteiger partial charge in [0.05, 0.1) is 21.8 Å². The highest BCUT2D eigenvalue weighted by atomic mass is 35.5. The molecule has 1 aliphatic rings. The van der Waals surface area contributed by atoms with E-state index in [1.165, 1.54) is 12.4 Å². The van der Waals surface area contributed by atoms with Gasteiger partial charge in [0.2, 0.25) is 0 Å². The Bertz CT molecular complexity index is 1430. The van der Waals surface area contributed by atoms with Crippen molar-refractivity contribution in [3.05, 3.63) is 71.0 Å². The van der Waals surface area contributed by atoms with Crippen molar-refractivity contribution in [2.24, 2.45) is 5.92 Å². The fourth-order valence-corrected chi connectivity index (χ4v) is 5.16. The van der Waals surface area contributed by atoms with Gasteiger partial charge < -0.3 is 5.32 Å². The number of halogens is 2. The van der Waals surface area contributed by atoms with Gasteiger partial charge in [0, 0.05) is 23.3 Å². The maximum absolute atomic E-state index is 14.4. The number of pyridine rings is 1. The molecule has 164 valence electrons. The predicted octanol–water partition coefficient (Wildman–Crippen LogP) is 3.59. The van der Waals surface area contributed by atoms with Crippen LogP contribution in [0.25, 0.3) is 22.4 Å². The molecule has 1 aromatic carbocycles. The van der Waals surface area contributed by atoms with E-state index in [9.17, 15) is 12.8 Å². The Morgan fingerprint density at radius 3 is 2.62 bits per heavy atom. The molecular formula is C22H19ClFN5O2S. The second-order valence-electron chi connectivity index (χ2n) is 7.90. The third-order valence-electron chi connectivity index (χ3n) is 5.56. The zero-order valence-electron chi connectivity index (χ0n) is 17.1. The molecule has 10 heteroatoms. The first-order valence-electron chi connectivity index (χ1n) is 10.0.